The van der Waals surface area contributed by atoms with Crippen LogP contribution in [0.4, 0.5) is 0 Å². The number of nitrogens with zero attached hydrogens (tertiary/aromatic N) is 1. The standard InChI is InChI=1S/C14H16N2O4/c1-8(17)15-11-12(18)10-7-20-14(16(10)13(11)19)9-5-3-2-4-6-9/h2-6,10-12,14,18H,7H2,1H3,(H,15,17)/t10-,11-,12-,14-/m1/s1. The number of nitrogens with one attached hydrogen (secondary N) is 1. The van der Waals surface area contributed by atoms with Crippen molar-refractivity contribution in [3.05, 3.63) is 35.9 Å². The SMILES string of the molecule is CC(=O)N[C@H]1C(=O)N2[C@@H](c3ccccc3)OC[C@@H]2[C@H]1O. The predicted molar refractivity (Wildman–Crippen MR) is 69.4 cm³/mol. The fraction of sp³-hybridized carbons (Fsp3) is 0.429. The van der Waals surface area contributed by atoms with Crippen molar-refractivity contribution < 1.29 is 19.4 Å². The van der Waals surface area contributed by atoms with Gasteiger partial charge in [-0.05, 0) is 0 Å². The first-order chi connectivity index (χ1) is 9.59. The van der Waals surface area contributed by atoms with E-state index in [9.17, 15) is 14.7 Å². The Balaban J connectivity index is 1.87. The fourth-order valence-corrected chi connectivity index (χ4v) is 2.84. The number of hydrogen-bond donors (Lipinski definition) is 2. The minimum Gasteiger partial charge on any atom is -0.388 e. The molecule has 3 rings (SSSR count). The average molecular weight is 276 g/mol. The van der Waals surface area contributed by atoms with Crippen molar-refractivity contribution in [1.82, 2.24) is 10.2 Å². The molecule has 0 bridgehead atoms. The average Bonchev–Trinajstić information content (AvgIpc) is 2.96. The van der Waals surface area contributed by atoms with Crippen LogP contribution in [-0.4, -0.2) is 46.6 Å². The molecular formula is C14H16N2O4. The van der Waals surface area contributed by atoms with Crippen molar-refractivity contribution in [3.8, 4) is 0 Å². The highest BCUT2D eigenvalue weighted by Crippen LogP contribution is 2.37. The van der Waals surface area contributed by atoms with Gasteiger partial charge in [0.2, 0.25) is 5.91 Å². The molecule has 6 nitrogen and oxygen atoms in total. The van der Waals surface area contributed by atoms with Gasteiger partial charge in [0.1, 0.15) is 12.1 Å². The maximum absolute atomic E-state index is 12.4. The van der Waals surface area contributed by atoms with Crippen LogP contribution in [0, 0.1) is 0 Å². The minimum atomic E-state index is -0.944. The first-order valence-electron chi connectivity index (χ1n) is 6.53. The zero-order valence-electron chi connectivity index (χ0n) is 11.0. The Morgan fingerprint density at radius 2 is 2.10 bits per heavy atom. The molecule has 2 saturated heterocycles. The molecule has 106 valence electrons. The van der Waals surface area contributed by atoms with Gasteiger partial charge < -0.3 is 20.1 Å². The highest BCUT2D eigenvalue weighted by atomic mass is 16.5. The van der Waals surface area contributed by atoms with Gasteiger partial charge >= 0.3 is 0 Å². The number of amides is 2. The molecule has 1 aromatic carbocycles. The molecule has 2 aliphatic heterocycles. The normalized spacial score (nSPS) is 32.3. The Morgan fingerprint density at radius 1 is 1.40 bits per heavy atom. The van der Waals surface area contributed by atoms with Gasteiger partial charge in [-0.3, -0.25) is 9.59 Å². The van der Waals surface area contributed by atoms with Gasteiger partial charge in [-0.15, -0.1) is 0 Å². The van der Waals surface area contributed by atoms with Crippen molar-refractivity contribution in [3.63, 3.8) is 0 Å². The predicted octanol–water partition coefficient (Wildman–Crippen LogP) is -0.208. The monoisotopic (exact) mass is 276 g/mol. The number of carbonyl (C=O) groups is 2. The van der Waals surface area contributed by atoms with Crippen LogP contribution in [0.5, 0.6) is 0 Å². The summed E-state index contributed by atoms with van der Waals surface area (Å²) < 4.78 is 5.63. The highest BCUT2D eigenvalue weighted by molar-refractivity contribution is 5.90. The third-order valence-electron chi connectivity index (χ3n) is 3.73. The number of fused-ring (bicyclic) bond motifs is 1. The quantitative estimate of drug-likeness (QED) is 0.783. The summed E-state index contributed by atoms with van der Waals surface area (Å²) in [4.78, 5) is 25.1. The van der Waals surface area contributed by atoms with Crippen molar-refractivity contribution in [2.75, 3.05) is 6.61 Å². The van der Waals surface area contributed by atoms with Gasteiger partial charge in [0.25, 0.3) is 5.91 Å². The Labute approximate surface area is 116 Å². The minimum absolute atomic E-state index is 0.266. The molecule has 0 spiro atoms. The maximum atomic E-state index is 12.4. The van der Waals surface area contributed by atoms with Gasteiger partial charge in [0.05, 0.1) is 12.6 Å². The smallest absolute Gasteiger partial charge is 0.250 e. The topological polar surface area (TPSA) is 78.9 Å². The molecule has 1 aromatic rings. The lowest BCUT2D eigenvalue weighted by Gasteiger charge is -2.22. The molecule has 2 aliphatic rings. The van der Waals surface area contributed by atoms with E-state index in [0.717, 1.165) is 5.56 Å². The van der Waals surface area contributed by atoms with Crippen LogP contribution < -0.4 is 5.32 Å². The van der Waals surface area contributed by atoms with E-state index >= 15 is 0 Å². The summed E-state index contributed by atoms with van der Waals surface area (Å²) in [5, 5.41) is 12.7. The molecule has 2 amide bonds. The number of carbonyl (C=O) groups excluding carboxylic acids is 2. The Bertz CT molecular complexity index is 533. The maximum Gasteiger partial charge on any atom is 0.250 e. The van der Waals surface area contributed by atoms with Crippen LogP contribution in [-0.2, 0) is 14.3 Å². The summed E-state index contributed by atoms with van der Waals surface area (Å²) in [6.45, 7) is 1.59. The van der Waals surface area contributed by atoms with E-state index in [0.29, 0.717) is 0 Å². The van der Waals surface area contributed by atoms with Crippen molar-refractivity contribution in [2.24, 2.45) is 0 Å². The first kappa shape index (κ1) is 13.1. The lowest BCUT2D eigenvalue weighted by Crippen LogP contribution is -2.46. The second kappa shape index (κ2) is 4.88. The third kappa shape index (κ3) is 1.97. The number of aliphatic hydroxyl groups excluding tert-OH is 1. The van der Waals surface area contributed by atoms with E-state index in [-0.39, 0.29) is 18.4 Å². The molecule has 0 radical (unpaired) electrons. The molecule has 0 saturated carbocycles. The number of rotatable bonds is 2. The first-order valence-corrected chi connectivity index (χ1v) is 6.53. The van der Waals surface area contributed by atoms with Gasteiger partial charge in [-0.2, -0.15) is 0 Å². The van der Waals surface area contributed by atoms with Gasteiger partial charge in [-0.25, -0.2) is 0 Å². The van der Waals surface area contributed by atoms with Crippen molar-refractivity contribution in [2.45, 2.75) is 31.3 Å². The van der Waals surface area contributed by atoms with Crippen LogP contribution in [0.15, 0.2) is 30.3 Å². The Hall–Kier alpha value is -1.92. The fourth-order valence-electron chi connectivity index (χ4n) is 2.84. The molecule has 0 unspecified atom stereocenters. The summed E-state index contributed by atoms with van der Waals surface area (Å²) >= 11 is 0. The lowest BCUT2D eigenvalue weighted by molar-refractivity contribution is -0.138. The molecular weight excluding hydrogens is 260 g/mol. The molecule has 2 heterocycles. The van der Waals surface area contributed by atoms with E-state index < -0.39 is 24.4 Å². The second-order valence-electron chi connectivity index (χ2n) is 5.08. The van der Waals surface area contributed by atoms with Gasteiger partial charge in [0.15, 0.2) is 6.23 Å². The largest absolute Gasteiger partial charge is 0.388 e. The third-order valence-corrected chi connectivity index (χ3v) is 3.73. The molecule has 4 atom stereocenters. The Morgan fingerprint density at radius 3 is 2.75 bits per heavy atom. The van der Waals surface area contributed by atoms with Crippen LogP contribution in [0.1, 0.15) is 18.7 Å². The number of ether oxygens (including phenoxy) is 1. The summed E-state index contributed by atoms with van der Waals surface area (Å²) in [7, 11) is 0. The van der Waals surface area contributed by atoms with Crippen LogP contribution in [0.2, 0.25) is 0 Å². The van der Waals surface area contributed by atoms with Crippen molar-refractivity contribution in [1.29, 1.82) is 0 Å². The van der Waals surface area contributed by atoms with E-state index in [1.807, 2.05) is 30.3 Å². The van der Waals surface area contributed by atoms with Crippen LogP contribution in [0.25, 0.3) is 0 Å². The summed E-state index contributed by atoms with van der Waals surface area (Å²) in [5.74, 6) is -0.634. The second-order valence-corrected chi connectivity index (χ2v) is 5.08. The lowest BCUT2D eigenvalue weighted by atomic mass is 10.1. The summed E-state index contributed by atoms with van der Waals surface area (Å²) in [6.07, 6.45) is -1.44. The number of benzene rings is 1. The molecule has 20 heavy (non-hydrogen) atoms. The van der Waals surface area contributed by atoms with Crippen LogP contribution in [0.3, 0.4) is 0 Å². The molecule has 2 N–H and O–H groups in total. The molecule has 2 fully saturated rings. The molecule has 0 aromatic heterocycles. The molecule has 6 heteroatoms. The van der Waals surface area contributed by atoms with Gasteiger partial charge in [-0.1, -0.05) is 30.3 Å². The zero-order valence-corrected chi connectivity index (χ0v) is 11.0. The Kier molecular flexibility index (Phi) is 3.19. The van der Waals surface area contributed by atoms with E-state index in [1.54, 1.807) is 0 Å². The number of aliphatic hydroxyl groups is 1. The summed E-state index contributed by atoms with van der Waals surface area (Å²) in [6, 6.07) is 8.08. The zero-order chi connectivity index (χ0) is 14.3. The van der Waals surface area contributed by atoms with E-state index in [1.165, 1.54) is 11.8 Å². The number of hydrogen-bond acceptors (Lipinski definition) is 4. The van der Waals surface area contributed by atoms with Crippen molar-refractivity contribution >= 4 is 11.8 Å². The highest BCUT2D eigenvalue weighted by Gasteiger charge is 2.54. The van der Waals surface area contributed by atoms with E-state index in [4.69, 9.17) is 4.74 Å². The van der Waals surface area contributed by atoms with Gasteiger partial charge in [0, 0.05) is 12.5 Å². The van der Waals surface area contributed by atoms with Crippen LogP contribution >= 0.6 is 0 Å². The summed E-state index contributed by atoms with van der Waals surface area (Å²) in [5.41, 5.74) is 0.860. The molecule has 0 aliphatic carbocycles. The van der Waals surface area contributed by atoms with E-state index in [2.05, 4.69) is 5.32 Å².